The van der Waals surface area contributed by atoms with E-state index in [1.165, 1.54) is 11.2 Å². The summed E-state index contributed by atoms with van der Waals surface area (Å²) in [6, 6.07) is 10.7. The number of halogens is 1. The van der Waals surface area contributed by atoms with Gasteiger partial charge in [0.05, 0.1) is 6.42 Å². The third-order valence-corrected chi connectivity index (χ3v) is 3.55. The highest BCUT2D eigenvalue weighted by Crippen LogP contribution is 2.17. The van der Waals surface area contributed by atoms with E-state index in [0.717, 1.165) is 5.56 Å². The molecule has 0 saturated heterocycles. The molecule has 1 aromatic heterocycles. The van der Waals surface area contributed by atoms with E-state index in [-0.39, 0.29) is 18.2 Å². The molecule has 0 aliphatic carbocycles. The monoisotopic (exact) mass is 343 g/mol. The fourth-order valence-electron chi connectivity index (χ4n) is 1.98. The molecule has 2 aromatic rings. The number of benzene rings is 1. The van der Waals surface area contributed by atoms with Crippen molar-refractivity contribution in [3.63, 3.8) is 0 Å². The highest BCUT2D eigenvalue weighted by atomic mass is 35.5. The van der Waals surface area contributed by atoms with Crippen molar-refractivity contribution in [2.24, 2.45) is 5.92 Å². The summed E-state index contributed by atoms with van der Waals surface area (Å²) in [4.78, 5) is 20.7. The molecule has 1 aromatic carbocycles. The zero-order chi connectivity index (χ0) is 17.5. The molecular formula is C17H18ClN5O. The number of hydrogen-bond acceptors (Lipinski definition) is 5. The largest absolute Gasteiger partial charge is 0.273 e. The van der Waals surface area contributed by atoms with Gasteiger partial charge in [-0.3, -0.25) is 4.79 Å². The lowest BCUT2D eigenvalue weighted by molar-refractivity contribution is -0.118. The molecule has 7 heteroatoms. The van der Waals surface area contributed by atoms with E-state index in [9.17, 15) is 4.79 Å². The quantitative estimate of drug-likeness (QED) is 0.815. The fourth-order valence-corrected chi connectivity index (χ4v) is 2.18. The summed E-state index contributed by atoms with van der Waals surface area (Å²) in [5.41, 5.74) is 3.80. The summed E-state index contributed by atoms with van der Waals surface area (Å²) in [7, 11) is 0. The van der Waals surface area contributed by atoms with Crippen molar-refractivity contribution in [2.75, 3.05) is 11.6 Å². The highest BCUT2D eigenvalue weighted by Gasteiger charge is 2.19. The second-order valence-electron chi connectivity index (χ2n) is 5.60. The number of anilines is 1. The number of carbonyl (C=O) groups excluding carboxylic acids is 1. The summed E-state index contributed by atoms with van der Waals surface area (Å²) in [5.74, 6) is 0.456. The average molecular weight is 344 g/mol. The Morgan fingerprint density at radius 1 is 1.38 bits per heavy atom. The first-order valence-electron chi connectivity index (χ1n) is 7.54. The summed E-state index contributed by atoms with van der Waals surface area (Å²) in [6.07, 6.45) is 1.57. The maximum atomic E-state index is 12.7. The van der Waals surface area contributed by atoms with E-state index in [0.29, 0.717) is 23.3 Å². The topological polar surface area (TPSA) is 81.9 Å². The second kappa shape index (κ2) is 8.39. The van der Waals surface area contributed by atoms with Crippen LogP contribution in [0.3, 0.4) is 0 Å². The van der Waals surface area contributed by atoms with Gasteiger partial charge in [-0.25, -0.2) is 15.4 Å². The van der Waals surface area contributed by atoms with Crippen LogP contribution in [-0.2, 0) is 11.2 Å². The average Bonchev–Trinajstić information content (AvgIpc) is 2.57. The number of hydrogen-bond donors (Lipinski definition) is 1. The van der Waals surface area contributed by atoms with Crippen LogP contribution in [0.2, 0.25) is 5.02 Å². The van der Waals surface area contributed by atoms with E-state index < -0.39 is 0 Å². The van der Waals surface area contributed by atoms with E-state index in [2.05, 4.69) is 15.4 Å². The molecule has 124 valence electrons. The van der Waals surface area contributed by atoms with Crippen LogP contribution in [0.1, 0.15) is 25.2 Å². The maximum Gasteiger partial charge on any atom is 0.247 e. The van der Waals surface area contributed by atoms with E-state index in [1.807, 2.05) is 38.1 Å². The van der Waals surface area contributed by atoms with Gasteiger partial charge in [0, 0.05) is 23.8 Å². The number of nitrogens with zero attached hydrogens (tertiary/aromatic N) is 4. The van der Waals surface area contributed by atoms with Crippen molar-refractivity contribution in [2.45, 2.75) is 20.3 Å². The van der Waals surface area contributed by atoms with Crippen molar-refractivity contribution >= 4 is 23.3 Å². The van der Waals surface area contributed by atoms with Gasteiger partial charge in [0.15, 0.2) is 5.82 Å². The first-order chi connectivity index (χ1) is 11.5. The van der Waals surface area contributed by atoms with Gasteiger partial charge in [0.25, 0.3) is 0 Å². The standard InChI is InChI=1S/C17H18ClN5O/c1-12(2)11-21-23(16-7-8-20-15(10-19)22-16)17(24)9-13-5-3-4-6-14(13)18/h3-8,12,21H,9,11H2,1-2H3. The number of nitrogens with one attached hydrogen (secondary N) is 1. The van der Waals surface area contributed by atoms with Crippen molar-refractivity contribution in [1.29, 1.82) is 5.26 Å². The molecule has 1 N–H and O–H groups in total. The van der Waals surface area contributed by atoms with Gasteiger partial charge in [-0.2, -0.15) is 10.2 Å². The molecule has 0 aliphatic heterocycles. The lowest BCUT2D eigenvalue weighted by atomic mass is 10.1. The molecule has 0 bridgehead atoms. The zero-order valence-corrected chi connectivity index (χ0v) is 14.3. The predicted octanol–water partition coefficient (Wildman–Crippen LogP) is 2.74. The van der Waals surface area contributed by atoms with Crippen molar-refractivity contribution < 1.29 is 4.79 Å². The molecule has 1 heterocycles. The van der Waals surface area contributed by atoms with E-state index in [4.69, 9.17) is 16.9 Å². The van der Waals surface area contributed by atoms with Crippen molar-refractivity contribution in [3.8, 4) is 6.07 Å². The third kappa shape index (κ3) is 4.75. The predicted molar refractivity (Wildman–Crippen MR) is 92.2 cm³/mol. The number of rotatable bonds is 6. The number of amides is 1. The van der Waals surface area contributed by atoms with Crippen LogP contribution >= 0.6 is 11.6 Å². The molecule has 0 spiro atoms. The van der Waals surface area contributed by atoms with E-state index in [1.54, 1.807) is 12.1 Å². The summed E-state index contributed by atoms with van der Waals surface area (Å²) in [6.45, 7) is 4.65. The maximum absolute atomic E-state index is 12.7. The molecule has 24 heavy (non-hydrogen) atoms. The van der Waals surface area contributed by atoms with Crippen LogP contribution in [0.4, 0.5) is 5.82 Å². The zero-order valence-electron chi connectivity index (χ0n) is 13.5. The van der Waals surface area contributed by atoms with Crippen LogP contribution < -0.4 is 10.4 Å². The van der Waals surface area contributed by atoms with Crippen LogP contribution in [0.25, 0.3) is 0 Å². The van der Waals surface area contributed by atoms with Gasteiger partial charge in [-0.05, 0) is 17.5 Å². The number of carbonyl (C=O) groups is 1. The molecule has 0 fully saturated rings. The summed E-state index contributed by atoms with van der Waals surface area (Å²) in [5, 5.41) is 10.8. The minimum absolute atomic E-state index is 0.00869. The molecule has 0 radical (unpaired) electrons. The Balaban J connectivity index is 2.26. The highest BCUT2D eigenvalue weighted by molar-refractivity contribution is 6.31. The Morgan fingerprint density at radius 3 is 2.79 bits per heavy atom. The first kappa shape index (κ1) is 17.9. The molecule has 0 atom stereocenters. The van der Waals surface area contributed by atoms with Gasteiger partial charge in [-0.1, -0.05) is 43.6 Å². The third-order valence-electron chi connectivity index (χ3n) is 3.18. The number of aromatic nitrogens is 2. The Kier molecular flexibility index (Phi) is 6.24. The molecule has 2 rings (SSSR count). The van der Waals surface area contributed by atoms with Crippen LogP contribution in [0.15, 0.2) is 36.5 Å². The molecule has 1 amide bonds. The second-order valence-corrected chi connectivity index (χ2v) is 6.01. The molecular weight excluding hydrogens is 326 g/mol. The van der Waals surface area contributed by atoms with Crippen molar-refractivity contribution in [3.05, 3.63) is 52.9 Å². The van der Waals surface area contributed by atoms with Crippen LogP contribution in [0, 0.1) is 17.2 Å². The lowest BCUT2D eigenvalue weighted by Crippen LogP contribution is -2.46. The summed E-state index contributed by atoms with van der Waals surface area (Å²) < 4.78 is 0. The Labute approximate surface area is 146 Å². The molecule has 0 unspecified atom stereocenters. The Hall–Kier alpha value is -2.49. The fraction of sp³-hybridized carbons (Fsp3) is 0.294. The molecule has 0 aliphatic rings. The number of nitriles is 1. The van der Waals surface area contributed by atoms with E-state index >= 15 is 0 Å². The van der Waals surface area contributed by atoms with Gasteiger partial charge in [-0.15, -0.1) is 0 Å². The SMILES string of the molecule is CC(C)CNN(C(=O)Cc1ccccc1Cl)c1ccnc(C#N)n1. The van der Waals surface area contributed by atoms with Crippen LogP contribution in [-0.4, -0.2) is 22.4 Å². The Morgan fingerprint density at radius 2 is 2.12 bits per heavy atom. The Bertz CT molecular complexity index is 757. The molecule has 0 saturated carbocycles. The van der Waals surface area contributed by atoms with Gasteiger partial charge < -0.3 is 0 Å². The lowest BCUT2D eigenvalue weighted by Gasteiger charge is -2.23. The smallest absolute Gasteiger partial charge is 0.247 e. The van der Waals surface area contributed by atoms with Crippen molar-refractivity contribution in [1.82, 2.24) is 15.4 Å². The summed E-state index contributed by atoms with van der Waals surface area (Å²) >= 11 is 6.13. The van der Waals surface area contributed by atoms with Gasteiger partial charge in [0.2, 0.25) is 11.7 Å². The first-order valence-corrected chi connectivity index (χ1v) is 7.92. The van der Waals surface area contributed by atoms with Gasteiger partial charge >= 0.3 is 0 Å². The minimum atomic E-state index is -0.216. The van der Waals surface area contributed by atoms with Gasteiger partial charge in [0.1, 0.15) is 6.07 Å². The molecule has 6 nitrogen and oxygen atoms in total. The normalized spacial score (nSPS) is 10.5. The number of hydrazine groups is 1. The van der Waals surface area contributed by atoms with Crippen LogP contribution in [0.5, 0.6) is 0 Å². The minimum Gasteiger partial charge on any atom is -0.273 e.